The van der Waals surface area contributed by atoms with Crippen LogP contribution in [0.5, 0.6) is 0 Å². The maximum absolute atomic E-state index is 14.2. The van der Waals surface area contributed by atoms with Crippen molar-refractivity contribution >= 4 is 91.6 Å². The first-order chi connectivity index (χ1) is 48.0. The molecule has 2 saturated heterocycles. The quantitative estimate of drug-likeness (QED) is 0.0672. The Morgan fingerprint density at radius 2 is 0.952 bits per heavy atom. The number of nitrogens with one attached hydrogen (secondary N) is 2. The number of benzene rings is 7. The van der Waals surface area contributed by atoms with Gasteiger partial charge in [-0.05, 0) is 159 Å². The van der Waals surface area contributed by atoms with Crippen molar-refractivity contribution in [2.45, 2.75) is 161 Å². The summed E-state index contributed by atoms with van der Waals surface area (Å²) in [5, 5.41) is 40.2. The molecule has 7 aliphatic carbocycles. The Morgan fingerprint density at radius 3 is 1.23 bits per heavy atom. The van der Waals surface area contributed by atoms with E-state index in [2.05, 4.69) is 105 Å². The second-order valence-corrected chi connectivity index (χ2v) is 32.4. The van der Waals surface area contributed by atoms with E-state index in [1.54, 1.807) is 97.1 Å². The minimum absolute atomic E-state index is 0. The van der Waals surface area contributed by atoms with Gasteiger partial charge in [0.05, 0.1) is 22.7 Å². The summed E-state index contributed by atoms with van der Waals surface area (Å²) in [4.78, 5) is 26.9. The average molecular weight is 1790 g/mol. The summed E-state index contributed by atoms with van der Waals surface area (Å²) in [5.41, 5.74) is 6.59. The molecule has 19 heteroatoms. The number of hydrogen-bond donors (Lipinski definition) is 5. The van der Waals surface area contributed by atoms with Crippen LogP contribution in [0, 0.1) is 112 Å². The van der Waals surface area contributed by atoms with Crippen LogP contribution < -0.4 is 16.3 Å². The fourth-order valence-electron chi connectivity index (χ4n) is 12.6. The van der Waals surface area contributed by atoms with Crippen molar-refractivity contribution in [3.63, 3.8) is 0 Å². The van der Waals surface area contributed by atoms with Gasteiger partial charge < -0.3 is 66.9 Å². The van der Waals surface area contributed by atoms with Crippen LogP contribution in [0.25, 0.3) is 10.8 Å². The molecule has 8 aromatic rings. The molecule has 3 heterocycles. The van der Waals surface area contributed by atoms with Crippen LogP contribution in [0.2, 0.25) is 20.1 Å². The van der Waals surface area contributed by atoms with Crippen LogP contribution in [0.4, 0.5) is 4.39 Å². The van der Waals surface area contributed by atoms with Gasteiger partial charge in [0.1, 0.15) is 5.82 Å². The molecule has 1 amide bonds. The molecule has 9 nitrogen and oxygen atoms in total. The van der Waals surface area contributed by atoms with Gasteiger partial charge in [-0.25, -0.2) is 9.49 Å². The van der Waals surface area contributed by atoms with Crippen LogP contribution in [0.15, 0.2) is 169 Å². The van der Waals surface area contributed by atoms with Crippen LogP contribution in [0.1, 0.15) is 162 Å². The van der Waals surface area contributed by atoms with E-state index in [4.69, 9.17) is 61.6 Å². The van der Waals surface area contributed by atoms with Crippen LogP contribution >= 0.6 is 62.3 Å². The number of nitrogens with zero attached hydrogens (tertiary/aromatic N) is 2. The molecular weight excluding hydrogens is 1690 g/mol. The number of H-pyrrole nitrogens is 1. The molecule has 552 valence electrons. The van der Waals surface area contributed by atoms with Crippen molar-refractivity contribution in [3.8, 4) is 0 Å². The number of halogens is 6. The Morgan fingerprint density at radius 1 is 0.571 bits per heavy atom. The number of amides is 1. The molecular formula is C86H104BBrCl4FN4O5Y3. The number of aromatic nitrogens is 2. The number of hydrogen-bond acceptors (Lipinski definition) is 7. The number of fused-ring (bicyclic) bond motifs is 1. The molecule has 0 bridgehead atoms. The van der Waals surface area contributed by atoms with Crippen molar-refractivity contribution in [1.29, 1.82) is 0 Å². The Balaban J connectivity index is 0.000000314. The van der Waals surface area contributed by atoms with Gasteiger partial charge in [0.15, 0.2) is 0 Å². The molecule has 1 aromatic heterocycles. The van der Waals surface area contributed by atoms with Gasteiger partial charge in [-0.15, -0.1) is 37.3 Å². The summed E-state index contributed by atoms with van der Waals surface area (Å²) in [7, 11) is -1.41. The number of aryl methyl sites for hydroxylation is 2. The van der Waals surface area contributed by atoms with Gasteiger partial charge in [0, 0.05) is 44.8 Å². The van der Waals surface area contributed by atoms with Crippen LogP contribution in [-0.4, -0.2) is 80.4 Å². The molecule has 7 aromatic carbocycles. The van der Waals surface area contributed by atoms with Crippen molar-refractivity contribution in [3.05, 3.63) is 288 Å². The van der Waals surface area contributed by atoms with Gasteiger partial charge in [-0.3, -0.25) is 25.8 Å². The summed E-state index contributed by atoms with van der Waals surface area (Å²) < 4.78 is 14.2. The standard InChI is InChI=1S/C21H18FN3O2.C7H11Br.C7H12O.2C7H7.C6H6BClO2.C6H4Cl2.C6H4Cl.C6H11N.2C6H10.CH4.3Y/c1-21(2)11-25(12-21)20(27)16-9-13(7-8-17(16)22)10-18-14-5-3-4-6-15(14)19(26)24-23-18;2*8-6-4-7(5-6)2-1-3-7;2*1-7-5-3-2-4-6-7;8-6-3-1-5(2-4-6)7(9)10;7-5-1-2-6(8)4-3-5;7-6-4-2-1-3-5-6;1-2-6(3-1)4-7-5-6;2*1-6(2)4-3-5-6;;;;/h3-9H,1-2,10-12H2,(H,24,26);6H,1-5H2;6,8H,1-5H2;2*3-6H,1H3;1-4,9-10H;1-4H;2-5H;7H,1-5H2;2*1-5H2;1H4;;;/q-2;;;2*-1;;;-1;;2*-2;;3*+3. The predicted molar refractivity (Wildman–Crippen MR) is 428 cm³/mol. The molecule has 9 aliphatic rings. The summed E-state index contributed by atoms with van der Waals surface area (Å²) in [6.07, 6.45) is 26.4. The summed E-state index contributed by atoms with van der Waals surface area (Å²) >= 11 is 25.8. The summed E-state index contributed by atoms with van der Waals surface area (Å²) in [6, 6.07) is 56.6. The molecule has 17 rings (SSSR count). The maximum atomic E-state index is 14.2. The van der Waals surface area contributed by atoms with Gasteiger partial charge in [0.25, 0.3) is 11.5 Å². The minimum atomic E-state index is -1.41. The largest absolute Gasteiger partial charge is 3.00 e. The van der Waals surface area contributed by atoms with Gasteiger partial charge >= 0.3 is 105 Å². The zero-order valence-electron chi connectivity index (χ0n) is 60.6. The zero-order valence-corrected chi connectivity index (χ0v) is 73.7. The molecule has 3 spiro atoms. The van der Waals surface area contributed by atoms with Crippen molar-refractivity contribution in [2.24, 2.45) is 32.5 Å². The second-order valence-electron chi connectivity index (χ2n) is 29.4. The Labute approximate surface area is 733 Å². The number of aliphatic hydroxyl groups is 1. The topological polar surface area (TPSA) is 139 Å². The molecule has 5 N–H and O–H groups in total. The van der Waals surface area contributed by atoms with E-state index in [0.717, 1.165) is 54.5 Å². The first kappa shape index (κ1) is 97.1. The van der Waals surface area contributed by atoms with E-state index in [9.17, 15) is 14.0 Å². The fourth-order valence-corrected chi connectivity index (χ4v) is 14.5. The van der Waals surface area contributed by atoms with Crippen LogP contribution in [0.3, 0.4) is 0 Å². The molecule has 2 aliphatic heterocycles. The van der Waals surface area contributed by atoms with Crippen molar-refractivity contribution < 1.29 is 122 Å². The summed E-state index contributed by atoms with van der Waals surface area (Å²) in [6.45, 7) is 30.8. The van der Waals surface area contributed by atoms with E-state index >= 15 is 0 Å². The molecule has 0 atom stereocenters. The Kier molecular flexibility index (Phi) is 43.9. The number of aliphatic hydroxyl groups excluding tert-OH is 1. The second kappa shape index (κ2) is 47.5. The Hall–Kier alpha value is -2.06. The molecule has 9 fully saturated rings. The first-order valence-corrected chi connectivity index (χ1v) is 37.6. The first-order valence-electron chi connectivity index (χ1n) is 35.1. The smallest absolute Gasteiger partial charge is 0.423 e. The average Bonchev–Trinajstić information content (AvgIpc) is 0.780. The monoisotopic (exact) mass is 1790 g/mol. The zero-order chi connectivity index (χ0) is 73.3. The summed E-state index contributed by atoms with van der Waals surface area (Å²) in [5.74, 6) is -0.926. The fraction of sp³-hybridized carbons (Fsp3) is 0.407. The molecule has 0 unspecified atom stereocenters. The third-order valence-electron chi connectivity index (χ3n) is 19.9. The predicted octanol–water partition coefficient (Wildman–Crippen LogP) is 20.6. The number of likely N-dealkylation sites (tertiary alicyclic amines) is 1. The number of carbonyl (C=O) groups is 1. The van der Waals surface area contributed by atoms with E-state index in [-0.39, 0.29) is 140 Å². The number of carbonyl (C=O) groups excluding carboxylic acids is 1. The normalized spacial score (nSPS) is 18.7. The third kappa shape index (κ3) is 34.0. The maximum Gasteiger partial charge on any atom is 3.00 e. The number of rotatable bonds is 4. The van der Waals surface area contributed by atoms with Gasteiger partial charge in [0.2, 0.25) is 0 Å². The molecule has 0 radical (unpaired) electrons. The van der Waals surface area contributed by atoms with Crippen molar-refractivity contribution in [1.82, 2.24) is 20.4 Å². The van der Waals surface area contributed by atoms with Crippen LogP contribution in [-0.2, 0) is 105 Å². The van der Waals surface area contributed by atoms with E-state index in [1.165, 1.54) is 144 Å². The SMILES string of the molecule is BrC1CC2(CCC2)C1.C.C1CC2(C1)CNC2.Cc1cc[c-]cc1.Cc1cc[c-]cc1.Clc1cc[c-]cc1.Clc1ccc(Cl)cc1.OB(O)c1ccc(Cl)cc1.OC1CC2(CCC2)C1.[CH2-]C1([CH2-])CCC1.[CH2-]C1([CH2-])CCC1.[CH2-]C1([CH2-])CN(C(=O)c2cc(Cc3n[nH]c(=O)c4ccccc34)ccc2F)C1.[Y+3].[Y+3].[Y+3]. The van der Waals surface area contributed by atoms with Gasteiger partial charge in [-0.2, -0.15) is 107 Å². The third-order valence-corrected chi connectivity index (χ3v) is 21.5. The number of aromatic amines is 1. The van der Waals surface area contributed by atoms with Gasteiger partial charge in [-0.1, -0.05) is 146 Å². The number of alkyl halides is 1. The minimum Gasteiger partial charge on any atom is -0.423 e. The van der Waals surface area contributed by atoms with E-state index < -0.39 is 18.4 Å². The van der Waals surface area contributed by atoms with E-state index in [1.807, 2.05) is 60.7 Å². The van der Waals surface area contributed by atoms with Crippen molar-refractivity contribution in [2.75, 3.05) is 26.2 Å². The Bertz CT molecular complexity index is 3630. The van der Waals surface area contributed by atoms with E-state index in [0.29, 0.717) is 46.5 Å². The molecule has 7 saturated carbocycles. The molecule has 105 heavy (non-hydrogen) atoms.